The van der Waals surface area contributed by atoms with Crippen LogP contribution in [0.15, 0.2) is 24.3 Å². The van der Waals surface area contributed by atoms with E-state index in [0.717, 1.165) is 43.4 Å². The van der Waals surface area contributed by atoms with Gasteiger partial charge >= 0.3 is 0 Å². The molecule has 1 saturated carbocycles. The van der Waals surface area contributed by atoms with Gasteiger partial charge in [0.15, 0.2) is 0 Å². The van der Waals surface area contributed by atoms with Crippen LogP contribution < -0.4 is 9.62 Å². The number of rotatable bonds is 5. The van der Waals surface area contributed by atoms with Crippen LogP contribution in [0.4, 0.5) is 5.69 Å². The van der Waals surface area contributed by atoms with E-state index in [2.05, 4.69) is 5.32 Å². The van der Waals surface area contributed by atoms with E-state index >= 15 is 0 Å². The van der Waals surface area contributed by atoms with E-state index in [1.165, 1.54) is 17.1 Å². The molecule has 0 bridgehead atoms. The van der Waals surface area contributed by atoms with E-state index < -0.39 is 10.0 Å². The van der Waals surface area contributed by atoms with Gasteiger partial charge in [0.25, 0.3) is 0 Å². The molecule has 1 aliphatic heterocycles. The lowest BCUT2D eigenvalue weighted by Crippen LogP contribution is -2.37. The average molecular weight is 350 g/mol. The SMILES string of the molecule is O=C(CCS(=O)(=O)N1CCc2ccccc21)NC1CCCCCC1. The van der Waals surface area contributed by atoms with Crippen molar-refractivity contribution in [3.05, 3.63) is 29.8 Å². The zero-order valence-corrected chi connectivity index (χ0v) is 14.9. The van der Waals surface area contributed by atoms with Crippen LogP contribution in [0.3, 0.4) is 0 Å². The molecule has 1 aromatic rings. The summed E-state index contributed by atoms with van der Waals surface area (Å²) >= 11 is 0. The van der Waals surface area contributed by atoms with Crippen molar-refractivity contribution in [3.63, 3.8) is 0 Å². The number of sulfonamides is 1. The molecular formula is C18H26N2O3S. The predicted molar refractivity (Wildman–Crippen MR) is 95.5 cm³/mol. The Labute approximate surface area is 144 Å². The van der Waals surface area contributed by atoms with E-state index in [1.54, 1.807) is 0 Å². The Bertz CT molecular complexity index is 679. The van der Waals surface area contributed by atoms with Crippen molar-refractivity contribution in [1.82, 2.24) is 5.32 Å². The van der Waals surface area contributed by atoms with Crippen LogP contribution in [0.1, 0.15) is 50.5 Å². The van der Waals surface area contributed by atoms with E-state index in [0.29, 0.717) is 6.54 Å². The molecule has 24 heavy (non-hydrogen) atoms. The molecule has 0 radical (unpaired) electrons. The first-order valence-corrected chi connectivity index (χ1v) is 10.5. The maximum absolute atomic E-state index is 12.6. The van der Waals surface area contributed by atoms with Gasteiger partial charge in [0.2, 0.25) is 15.9 Å². The molecule has 1 aromatic carbocycles. The average Bonchev–Trinajstić information content (AvgIpc) is 2.85. The molecule has 1 heterocycles. The summed E-state index contributed by atoms with van der Waals surface area (Å²) in [6, 6.07) is 7.80. The monoisotopic (exact) mass is 350 g/mol. The Morgan fingerprint density at radius 1 is 1.12 bits per heavy atom. The minimum absolute atomic E-state index is 0.0392. The van der Waals surface area contributed by atoms with Gasteiger partial charge in [0, 0.05) is 19.0 Å². The number of anilines is 1. The largest absolute Gasteiger partial charge is 0.353 e. The molecule has 0 aromatic heterocycles. The van der Waals surface area contributed by atoms with Gasteiger partial charge in [-0.1, -0.05) is 43.9 Å². The molecule has 0 spiro atoms. The second-order valence-electron chi connectivity index (χ2n) is 6.77. The topological polar surface area (TPSA) is 66.5 Å². The third-order valence-electron chi connectivity index (χ3n) is 4.99. The first-order chi connectivity index (χ1) is 11.6. The van der Waals surface area contributed by atoms with Crippen LogP contribution in [0.25, 0.3) is 0 Å². The molecule has 0 saturated heterocycles. The van der Waals surface area contributed by atoms with Crippen molar-refractivity contribution in [3.8, 4) is 0 Å². The van der Waals surface area contributed by atoms with Crippen LogP contribution in [-0.2, 0) is 21.2 Å². The number of nitrogens with zero attached hydrogens (tertiary/aromatic N) is 1. The Morgan fingerprint density at radius 3 is 2.58 bits per heavy atom. The zero-order valence-electron chi connectivity index (χ0n) is 14.0. The number of carbonyl (C=O) groups is 1. The zero-order chi connectivity index (χ0) is 17.0. The minimum Gasteiger partial charge on any atom is -0.353 e. The van der Waals surface area contributed by atoms with Crippen LogP contribution >= 0.6 is 0 Å². The number of para-hydroxylation sites is 1. The summed E-state index contributed by atoms with van der Waals surface area (Å²) in [5.74, 6) is -0.266. The summed E-state index contributed by atoms with van der Waals surface area (Å²) in [4.78, 5) is 12.1. The molecule has 0 unspecified atom stereocenters. The number of hydrogen-bond donors (Lipinski definition) is 1. The lowest BCUT2D eigenvalue weighted by molar-refractivity contribution is -0.121. The predicted octanol–water partition coefficient (Wildman–Crippen LogP) is 2.61. The molecule has 6 heteroatoms. The van der Waals surface area contributed by atoms with Crippen molar-refractivity contribution in [1.29, 1.82) is 0 Å². The first kappa shape index (κ1) is 17.3. The molecule has 1 amide bonds. The molecule has 3 rings (SSSR count). The normalized spacial score (nSPS) is 18.9. The van der Waals surface area contributed by atoms with Crippen molar-refractivity contribution in [2.45, 2.75) is 57.4 Å². The maximum atomic E-state index is 12.6. The standard InChI is InChI=1S/C18H26N2O3S/c21-18(19-16-8-3-1-2-4-9-16)12-14-24(22,23)20-13-11-15-7-5-6-10-17(15)20/h5-7,10,16H,1-4,8-9,11-14H2,(H,19,21). The maximum Gasteiger partial charge on any atom is 0.235 e. The van der Waals surface area contributed by atoms with Crippen LogP contribution in [0, 0.1) is 0 Å². The summed E-state index contributed by atoms with van der Waals surface area (Å²) in [7, 11) is -3.44. The number of benzene rings is 1. The smallest absolute Gasteiger partial charge is 0.235 e. The fraction of sp³-hybridized carbons (Fsp3) is 0.611. The number of fused-ring (bicyclic) bond motifs is 1. The fourth-order valence-corrected chi connectivity index (χ4v) is 5.16. The Balaban J connectivity index is 1.54. The lowest BCUT2D eigenvalue weighted by atomic mass is 10.1. The Kier molecular flexibility index (Phi) is 5.43. The van der Waals surface area contributed by atoms with Gasteiger partial charge in [-0.05, 0) is 30.9 Å². The Morgan fingerprint density at radius 2 is 1.83 bits per heavy atom. The summed E-state index contributed by atoms with van der Waals surface area (Å²) in [5, 5.41) is 3.02. The van der Waals surface area contributed by atoms with Gasteiger partial charge in [-0.2, -0.15) is 0 Å². The van der Waals surface area contributed by atoms with Crippen LogP contribution in [-0.4, -0.2) is 32.7 Å². The van der Waals surface area contributed by atoms with E-state index in [-0.39, 0.29) is 24.1 Å². The number of hydrogen-bond acceptors (Lipinski definition) is 3. The quantitative estimate of drug-likeness (QED) is 0.830. The molecule has 5 nitrogen and oxygen atoms in total. The molecule has 0 atom stereocenters. The van der Waals surface area contributed by atoms with Crippen LogP contribution in [0.2, 0.25) is 0 Å². The minimum atomic E-state index is -3.44. The molecular weight excluding hydrogens is 324 g/mol. The number of nitrogens with one attached hydrogen (secondary N) is 1. The van der Waals surface area contributed by atoms with Gasteiger partial charge in [-0.25, -0.2) is 8.42 Å². The van der Waals surface area contributed by atoms with Gasteiger partial charge in [-0.15, -0.1) is 0 Å². The summed E-state index contributed by atoms with van der Waals surface area (Å²) < 4.78 is 26.6. The molecule has 2 aliphatic rings. The molecule has 1 fully saturated rings. The van der Waals surface area contributed by atoms with Gasteiger partial charge < -0.3 is 5.32 Å². The highest BCUT2D eigenvalue weighted by Gasteiger charge is 2.29. The van der Waals surface area contributed by atoms with Crippen molar-refractivity contribution in [2.75, 3.05) is 16.6 Å². The summed E-state index contributed by atoms with van der Waals surface area (Å²) in [6.07, 6.45) is 7.56. The lowest BCUT2D eigenvalue weighted by Gasteiger charge is -2.20. The van der Waals surface area contributed by atoms with Gasteiger partial charge in [0.05, 0.1) is 11.4 Å². The fourth-order valence-electron chi connectivity index (χ4n) is 3.65. The van der Waals surface area contributed by atoms with E-state index in [9.17, 15) is 13.2 Å². The van der Waals surface area contributed by atoms with Gasteiger partial charge in [-0.3, -0.25) is 9.10 Å². The summed E-state index contributed by atoms with van der Waals surface area (Å²) in [6.45, 7) is 0.478. The second-order valence-corrected chi connectivity index (χ2v) is 8.79. The Hall–Kier alpha value is -1.56. The third-order valence-corrected chi connectivity index (χ3v) is 6.76. The van der Waals surface area contributed by atoms with Gasteiger partial charge in [0.1, 0.15) is 0 Å². The second kappa shape index (κ2) is 7.55. The highest BCUT2D eigenvalue weighted by atomic mass is 32.2. The highest BCUT2D eigenvalue weighted by Crippen LogP contribution is 2.30. The van der Waals surface area contributed by atoms with Crippen molar-refractivity contribution in [2.24, 2.45) is 0 Å². The summed E-state index contributed by atoms with van der Waals surface area (Å²) in [5.41, 5.74) is 1.82. The molecule has 1 N–H and O–H groups in total. The highest BCUT2D eigenvalue weighted by molar-refractivity contribution is 7.92. The van der Waals surface area contributed by atoms with Crippen molar-refractivity contribution < 1.29 is 13.2 Å². The van der Waals surface area contributed by atoms with Crippen LogP contribution in [0.5, 0.6) is 0 Å². The van der Waals surface area contributed by atoms with E-state index in [4.69, 9.17) is 0 Å². The molecule has 1 aliphatic carbocycles. The first-order valence-electron chi connectivity index (χ1n) is 8.94. The number of amides is 1. The third kappa shape index (κ3) is 4.09. The molecule has 132 valence electrons. The number of carbonyl (C=O) groups excluding carboxylic acids is 1. The van der Waals surface area contributed by atoms with E-state index in [1.807, 2.05) is 24.3 Å². The van der Waals surface area contributed by atoms with Crippen molar-refractivity contribution >= 4 is 21.6 Å².